The Balaban J connectivity index is 0.000001000. The van der Waals surface area contributed by atoms with Crippen molar-refractivity contribution in [1.82, 2.24) is 0 Å². The van der Waals surface area contributed by atoms with Gasteiger partial charge in [-0.05, 0) is 0 Å². The molecule has 2 heteroatoms. The van der Waals surface area contributed by atoms with Crippen molar-refractivity contribution in [2.75, 3.05) is 0 Å². The van der Waals surface area contributed by atoms with E-state index in [0.29, 0.717) is 0 Å². The molecule has 0 saturated heterocycles. The molecule has 0 fully saturated rings. The monoisotopic (exact) mass is 222 g/mol. The molecule has 0 amide bonds. The molecule has 11 heavy (non-hydrogen) atoms. The molecule has 1 aromatic rings. The smallest absolute Gasteiger partial charge is 0.195 e. The standard InChI is InChI=1S/C6H5.C3H5.BrH.Mg/c1-2-4-6-5-3-1;1-3-2;;/h1-5H;1H2,2H3;1H;. The lowest BCUT2D eigenvalue weighted by molar-refractivity contribution is 1.68. The lowest BCUT2D eigenvalue weighted by Crippen LogP contribution is -2.13. The number of hydrogen-bond acceptors (Lipinski definition) is 0. The van der Waals surface area contributed by atoms with Crippen LogP contribution < -0.4 is 3.69 Å². The Bertz CT molecular complexity index is 218. The predicted octanol–water partition coefficient (Wildman–Crippen LogP) is 2.13. The first-order chi connectivity index (χ1) is 4.79. The molecule has 0 aliphatic carbocycles. The Kier molecular flexibility index (Phi) is 5.91. The summed E-state index contributed by atoms with van der Waals surface area (Å²) < 4.78 is 2.83. The fourth-order valence-corrected chi connectivity index (χ4v) is 2.15. The highest BCUT2D eigenvalue weighted by Gasteiger charge is 1.95. The maximum Gasteiger partial charge on any atom is 0.442 e. The Morgan fingerprint density at radius 2 is 1.82 bits per heavy atom. The van der Waals surface area contributed by atoms with E-state index in [4.69, 9.17) is 0 Å². The third-order valence-corrected chi connectivity index (χ3v) is 2.83. The number of halogens is 1. The van der Waals surface area contributed by atoms with Gasteiger partial charge in [-0.2, -0.15) is 7.40 Å². The molecule has 0 bridgehead atoms. The third-order valence-electron chi connectivity index (χ3n) is 1.35. The molecule has 0 saturated carbocycles. The Morgan fingerprint density at radius 3 is 2.27 bits per heavy atom. The molecule has 1 aromatic carbocycles. The van der Waals surface area contributed by atoms with Gasteiger partial charge in [-0.3, -0.25) is 0 Å². The highest BCUT2D eigenvalue weighted by atomic mass is 79.9. The second-order valence-corrected chi connectivity index (χ2v) is 5.00. The van der Waals surface area contributed by atoms with Crippen LogP contribution >= 0.6 is 17.0 Å². The highest BCUT2D eigenvalue weighted by Crippen LogP contribution is 1.86. The zero-order valence-corrected chi connectivity index (χ0v) is 9.84. The van der Waals surface area contributed by atoms with Crippen LogP contribution in [0.3, 0.4) is 0 Å². The molecule has 0 spiro atoms. The van der Waals surface area contributed by atoms with E-state index in [9.17, 15) is 0 Å². The largest absolute Gasteiger partial charge is 0.442 e. The van der Waals surface area contributed by atoms with Crippen LogP contribution in [0.15, 0.2) is 40.6 Å². The van der Waals surface area contributed by atoms with Crippen molar-refractivity contribution in [2.24, 2.45) is 0 Å². The average Bonchev–Trinajstić information content (AvgIpc) is 1.88. The molecule has 0 aliphatic rings. The van der Waals surface area contributed by atoms with Crippen LogP contribution in [0.1, 0.15) is 6.92 Å². The van der Waals surface area contributed by atoms with Gasteiger partial charge in [0.05, 0.1) is 0 Å². The Hall–Kier alpha value is 0.206. The van der Waals surface area contributed by atoms with Gasteiger partial charge in [0.15, 0.2) is 0 Å². The van der Waals surface area contributed by atoms with Crippen molar-refractivity contribution in [3.05, 3.63) is 40.6 Å². The van der Waals surface area contributed by atoms with E-state index in [2.05, 4.69) is 43.8 Å². The maximum atomic E-state index is 3.91. The molecular formula is C9H11BrMg. The summed E-state index contributed by atoms with van der Waals surface area (Å²) in [6, 6.07) is 10.6. The first kappa shape index (κ1) is 11.2. The predicted molar refractivity (Wildman–Crippen MR) is 57.0 cm³/mol. The van der Waals surface area contributed by atoms with Crippen molar-refractivity contribution in [3.8, 4) is 0 Å². The molecule has 0 N–H and O–H groups in total. The zero-order valence-electron chi connectivity index (χ0n) is 6.71. The Morgan fingerprint density at radius 1 is 1.27 bits per heavy atom. The number of benzene rings is 1. The number of allylic oxidation sites excluding steroid dienone is 1. The second-order valence-electron chi connectivity index (χ2n) is 2.62. The fourth-order valence-electron chi connectivity index (χ4n) is 0.944. The van der Waals surface area contributed by atoms with Gasteiger partial charge in [0.1, 0.15) is 0 Å². The van der Waals surface area contributed by atoms with Crippen molar-refractivity contribution < 1.29 is 0 Å². The minimum Gasteiger partial charge on any atom is -0.195 e. The minimum atomic E-state index is -0.171. The van der Waals surface area contributed by atoms with E-state index in [-0.39, 0.29) is 37.3 Å². The van der Waals surface area contributed by atoms with Crippen molar-refractivity contribution in [2.45, 2.75) is 6.92 Å². The van der Waals surface area contributed by atoms with Crippen molar-refractivity contribution in [1.29, 1.82) is 0 Å². The molecule has 0 nitrogen and oxygen atoms in total. The average molecular weight is 223 g/mol. The van der Waals surface area contributed by atoms with Gasteiger partial charge in [-0.1, -0.05) is 37.3 Å². The van der Waals surface area contributed by atoms with Crippen LogP contribution in [0.25, 0.3) is 0 Å². The van der Waals surface area contributed by atoms with E-state index in [1.165, 1.54) is 7.40 Å². The molecule has 0 heterocycles. The first-order valence-corrected chi connectivity index (χ1v) is 4.89. The molecular weight excluding hydrogens is 212 g/mol. The maximum absolute atomic E-state index is 3.91. The normalized spacial score (nSPS) is 7.73. The van der Waals surface area contributed by atoms with Gasteiger partial charge in [-0.15, -0.1) is 23.6 Å². The van der Waals surface area contributed by atoms with Gasteiger partial charge >= 0.3 is 20.4 Å². The van der Waals surface area contributed by atoms with Crippen LogP contribution in [0.2, 0.25) is 0 Å². The summed E-state index contributed by atoms with van der Waals surface area (Å²) in [6.07, 6.45) is 0. The van der Waals surface area contributed by atoms with Gasteiger partial charge in [0, 0.05) is 0 Å². The lowest BCUT2D eigenvalue weighted by Gasteiger charge is -1.95. The van der Waals surface area contributed by atoms with Crippen molar-refractivity contribution in [3.63, 3.8) is 0 Å². The Labute approximate surface area is 88.2 Å². The van der Waals surface area contributed by atoms with Gasteiger partial charge in [-0.25, -0.2) is 0 Å². The third kappa shape index (κ3) is 4.61. The minimum absolute atomic E-state index is 0. The van der Waals surface area contributed by atoms with E-state index in [1.54, 1.807) is 0 Å². The van der Waals surface area contributed by atoms with Crippen LogP contribution in [-0.2, 0) is 0 Å². The van der Waals surface area contributed by atoms with E-state index < -0.39 is 0 Å². The van der Waals surface area contributed by atoms with Crippen LogP contribution in [0.5, 0.6) is 0 Å². The zero-order chi connectivity index (χ0) is 7.40. The summed E-state index contributed by atoms with van der Waals surface area (Å²) in [7, 11) is 0. The summed E-state index contributed by atoms with van der Waals surface area (Å²) in [6.45, 7) is 6.02. The topological polar surface area (TPSA) is 0 Å². The summed E-state index contributed by atoms with van der Waals surface area (Å²) in [5.41, 5.74) is 0. The number of hydrogen-bond donors (Lipinski definition) is 0. The van der Waals surface area contributed by atoms with Gasteiger partial charge < -0.3 is 0 Å². The van der Waals surface area contributed by atoms with E-state index >= 15 is 0 Å². The molecule has 0 unspecified atom stereocenters. The molecule has 0 aliphatic heterocycles. The molecule has 0 aromatic heterocycles. The van der Waals surface area contributed by atoms with Crippen LogP contribution in [0, 0.1) is 0 Å². The van der Waals surface area contributed by atoms with Gasteiger partial charge in [0.2, 0.25) is 0 Å². The highest BCUT2D eigenvalue weighted by molar-refractivity contribution is 8.93. The molecule has 56 valence electrons. The quantitative estimate of drug-likeness (QED) is 0.674. The van der Waals surface area contributed by atoms with E-state index in [0.717, 1.165) is 0 Å². The van der Waals surface area contributed by atoms with Crippen LogP contribution in [0.4, 0.5) is 0 Å². The lowest BCUT2D eigenvalue weighted by atomic mass is 10.4. The molecule has 0 radical (unpaired) electrons. The molecule has 1 rings (SSSR count). The number of rotatable bonds is 2. The summed E-state index contributed by atoms with van der Waals surface area (Å²) in [5.74, 6) is 0. The first-order valence-electron chi connectivity index (χ1n) is 3.47. The summed E-state index contributed by atoms with van der Waals surface area (Å²) >= 11 is -0.171. The summed E-state index contributed by atoms with van der Waals surface area (Å²) in [4.78, 5) is 0. The second kappa shape index (κ2) is 5.81. The molecule has 0 atom stereocenters. The fraction of sp³-hybridized carbons (Fsp3) is 0.111. The van der Waals surface area contributed by atoms with Crippen LogP contribution in [-0.4, -0.2) is 20.4 Å². The van der Waals surface area contributed by atoms with Gasteiger partial charge in [0.25, 0.3) is 0 Å². The van der Waals surface area contributed by atoms with Crippen molar-refractivity contribution >= 4 is 41.0 Å². The van der Waals surface area contributed by atoms with E-state index in [1.807, 2.05) is 0 Å². The summed E-state index contributed by atoms with van der Waals surface area (Å²) in [5, 5.41) is 0. The SMILES string of the molecule is Br.C=[C](C)[Mg][c]1ccccc1.